The number of hydrogen-bond donors (Lipinski definition) is 1. The number of carbonyl (C=O) groups is 2. The molecule has 3 atom stereocenters. The smallest absolute Gasteiger partial charge is 0.303 e. The van der Waals surface area contributed by atoms with Crippen molar-refractivity contribution in [2.45, 2.75) is 44.6 Å². The third-order valence-corrected chi connectivity index (χ3v) is 5.36. The van der Waals surface area contributed by atoms with Gasteiger partial charge in [-0.05, 0) is 43.6 Å². The number of aliphatic carboxylic acids is 1. The molecule has 0 saturated carbocycles. The molecule has 0 radical (unpaired) electrons. The van der Waals surface area contributed by atoms with Crippen LogP contribution in [0.2, 0.25) is 0 Å². The molecule has 0 aromatic heterocycles. The van der Waals surface area contributed by atoms with Crippen LogP contribution < -0.4 is 0 Å². The van der Waals surface area contributed by atoms with Gasteiger partial charge in [-0.3, -0.25) is 9.59 Å². The highest BCUT2D eigenvalue weighted by Crippen LogP contribution is 2.36. The molecule has 2 saturated heterocycles. The molecule has 0 bridgehead atoms. The minimum absolute atomic E-state index is 0.130. The number of benzene rings is 1. The summed E-state index contributed by atoms with van der Waals surface area (Å²) in [7, 11) is 0. The van der Waals surface area contributed by atoms with Gasteiger partial charge in [0.05, 0.1) is 12.0 Å². The zero-order valence-corrected chi connectivity index (χ0v) is 14.6. The second kappa shape index (κ2) is 8.48. The first-order valence-electron chi connectivity index (χ1n) is 9.32. The lowest BCUT2D eigenvalue weighted by molar-refractivity contribution is -0.147. The normalized spacial score (nSPS) is 27.0. The molecule has 0 spiro atoms. The van der Waals surface area contributed by atoms with Gasteiger partial charge in [0.1, 0.15) is 0 Å². The molecule has 136 valence electrons. The highest BCUT2D eigenvalue weighted by molar-refractivity contribution is 5.80. The van der Waals surface area contributed by atoms with Crippen LogP contribution in [0.15, 0.2) is 30.3 Å². The minimum atomic E-state index is -0.756. The van der Waals surface area contributed by atoms with Crippen molar-refractivity contribution in [1.29, 1.82) is 0 Å². The zero-order valence-electron chi connectivity index (χ0n) is 14.6. The van der Waals surface area contributed by atoms with Crippen LogP contribution in [0.3, 0.4) is 0 Å². The Morgan fingerprint density at radius 1 is 1.16 bits per heavy atom. The van der Waals surface area contributed by atoms with Crippen molar-refractivity contribution < 1.29 is 19.4 Å². The summed E-state index contributed by atoms with van der Waals surface area (Å²) in [6.07, 6.45) is 4.42. The fraction of sp³-hybridized carbons (Fsp3) is 0.600. The predicted molar refractivity (Wildman–Crippen MR) is 94.0 cm³/mol. The standard InChI is InChI=1S/C20H27NO4/c22-18(23)11-10-15-6-4-12-21(14-15)20(24)17-9-5-13-25-19(17)16-7-2-1-3-8-16/h1-3,7-8,15,17,19H,4-6,9-14H2,(H,22,23)/t15-,17+,19-/m0/s1. The molecule has 0 aliphatic carbocycles. The van der Waals surface area contributed by atoms with E-state index in [-0.39, 0.29) is 24.3 Å². The van der Waals surface area contributed by atoms with Crippen LogP contribution in [0, 0.1) is 11.8 Å². The number of carbonyl (C=O) groups excluding carboxylic acids is 1. The maximum atomic E-state index is 13.2. The quantitative estimate of drug-likeness (QED) is 0.889. The number of amides is 1. The molecule has 1 amide bonds. The monoisotopic (exact) mass is 345 g/mol. The number of carboxylic acid groups (broad SMARTS) is 1. The Balaban J connectivity index is 1.66. The Morgan fingerprint density at radius 2 is 1.96 bits per heavy atom. The molecule has 3 rings (SSSR count). The number of piperidine rings is 1. The molecule has 2 heterocycles. The van der Waals surface area contributed by atoms with Crippen molar-refractivity contribution >= 4 is 11.9 Å². The van der Waals surface area contributed by atoms with Crippen LogP contribution in [0.25, 0.3) is 0 Å². The van der Waals surface area contributed by atoms with Gasteiger partial charge in [-0.25, -0.2) is 0 Å². The predicted octanol–water partition coefficient (Wildman–Crippen LogP) is 3.26. The van der Waals surface area contributed by atoms with E-state index in [1.54, 1.807) is 0 Å². The molecular weight excluding hydrogens is 318 g/mol. The molecule has 5 heteroatoms. The molecule has 1 aromatic carbocycles. The second-order valence-electron chi connectivity index (χ2n) is 7.18. The minimum Gasteiger partial charge on any atom is -0.481 e. The number of carboxylic acids is 1. The van der Waals surface area contributed by atoms with Gasteiger partial charge in [0, 0.05) is 26.1 Å². The Labute approximate surface area is 149 Å². The lowest BCUT2D eigenvalue weighted by atomic mass is 9.86. The molecule has 1 N–H and O–H groups in total. The van der Waals surface area contributed by atoms with Gasteiger partial charge in [-0.2, -0.15) is 0 Å². The average Bonchev–Trinajstić information content (AvgIpc) is 2.67. The summed E-state index contributed by atoms with van der Waals surface area (Å²) in [6, 6.07) is 10.0. The summed E-state index contributed by atoms with van der Waals surface area (Å²) >= 11 is 0. The van der Waals surface area contributed by atoms with Crippen molar-refractivity contribution in [3.8, 4) is 0 Å². The van der Waals surface area contributed by atoms with Crippen molar-refractivity contribution in [3.05, 3.63) is 35.9 Å². The molecule has 5 nitrogen and oxygen atoms in total. The summed E-state index contributed by atoms with van der Waals surface area (Å²) in [5.74, 6) is -0.412. The van der Waals surface area contributed by atoms with Gasteiger partial charge >= 0.3 is 5.97 Å². The van der Waals surface area contributed by atoms with E-state index in [9.17, 15) is 9.59 Å². The Bertz CT molecular complexity index is 589. The Kier molecular flexibility index (Phi) is 6.08. The van der Waals surface area contributed by atoms with Gasteiger partial charge in [0.2, 0.25) is 5.91 Å². The van der Waals surface area contributed by atoms with E-state index in [4.69, 9.17) is 9.84 Å². The molecule has 2 fully saturated rings. The van der Waals surface area contributed by atoms with Crippen molar-refractivity contribution in [2.75, 3.05) is 19.7 Å². The molecule has 0 unspecified atom stereocenters. The van der Waals surface area contributed by atoms with Crippen molar-refractivity contribution in [3.63, 3.8) is 0 Å². The first-order valence-corrected chi connectivity index (χ1v) is 9.32. The number of nitrogens with zero attached hydrogens (tertiary/aromatic N) is 1. The number of ether oxygens (including phenoxy) is 1. The lowest BCUT2D eigenvalue weighted by Crippen LogP contribution is -2.45. The molecule has 2 aliphatic heterocycles. The molecule has 1 aromatic rings. The van der Waals surface area contributed by atoms with Crippen LogP contribution in [-0.2, 0) is 14.3 Å². The highest BCUT2D eigenvalue weighted by atomic mass is 16.5. The van der Waals surface area contributed by atoms with Crippen molar-refractivity contribution in [2.24, 2.45) is 11.8 Å². The van der Waals surface area contributed by atoms with E-state index in [1.165, 1.54) is 0 Å². The van der Waals surface area contributed by atoms with E-state index < -0.39 is 5.97 Å². The summed E-state index contributed by atoms with van der Waals surface area (Å²) in [5.41, 5.74) is 1.07. The van der Waals surface area contributed by atoms with E-state index in [2.05, 4.69) is 0 Å². The third-order valence-electron chi connectivity index (χ3n) is 5.36. The lowest BCUT2D eigenvalue weighted by Gasteiger charge is -2.38. The van der Waals surface area contributed by atoms with Crippen LogP contribution in [0.4, 0.5) is 0 Å². The summed E-state index contributed by atoms with van der Waals surface area (Å²) in [5, 5.41) is 8.89. The SMILES string of the molecule is O=C(O)CC[C@@H]1CCCN(C(=O)[C@@H]2CCCO[C@H]2c2ccccc2)C1. The largest absolute Gasteiger partial charge is 0.481 e. The molecule has 2 aliphatic rings. The van der Waals surface area contributed by atoms with Crippen LogP contribution in [0.5, 0.6) is 0 Å². The van der Waals surface area contributed by atoms with Crippen LogP contribution >= 0.6 is 0 Å². The number of likely N-dealkylation sites (tertiary alicyclic amines) is 1. The topological polar surface area (TPSA) is 66.8 Å². The van der Waals surface area contributed by atoms with Crippen molar-refractivity contribution in [1.82, 2.24) is 4.90 Å². The van der Waals surface area contributed by atoms with E-state index >= 15 is 0 Å². The summed E-state index contributed by atoms with van der Waals surface area (Å²) in [6.45, 7) is 2.16. The van der Waals surface area contributed by atoms with Gasteiger partial charge in [0.25, 0.3) is 0 Å². The summed E-state index contributed by atoms with van der Waals surface area (Å²) < 4.78 is 5.97. The van der Waals surface area contributed by atoms with Gasteiger partial charge < -0.3 is 14.7 Å². The molecular formula is C20H27NO4. The average molecular weight is 345 g/mol. The zero-order chi connectivity index (χ0) is 17.6. The van der Waals surface area contributed by atoms with E-state index in [0.717, 1.165) is 37.8 Å². The van der Waals surface area contributed by atoms with E-state index in [1.807, 2.05) is 35.2 Å². The molecule has 25 heavy (non-hydrogen) atoms. The number of hydrogen-bond acceptors (Lipinski definition) is 3. The van der Waals surface area contributed by atoms with E-state index in [0.29, 0.717) is 25.5 Å². The Morgan fingerprint density at radius 3 is 2.72 bits per heavy atom. The second-order valence-corrected chi connectivity index (χ2v) is 7.18. The van der Waals surface area contributed by atoms with Crippen LogP contribution in [0.1, 0.15) is 50.2 Å². The fourth-order valence-electron chi connectivity index (χ4n) is 4.07. The van der Waals surface area contributed by atoms with Gasteiger partial charge in [-0.1, -0.05) is 30.3 Å². The Hall–Kier alpha value is -1.88. The van der Waals surface area contributed by atoms with Crippen LogP contribution in [-0.4, -0.2) is 41.6 Å². The third kappa shape index (κ3) is 4.60. The maximum absolute atomic E-state index is 13.2. The first kappa shape index (κ1) is 17.9. The fourth-order valence-corrected chi connectivity index (χ4v) is 4.07. The van der Waals surface area contributed by atoms with Gasteiger partial charge in [0.15, 0.2) is 0 Å². The highest BCUT2D eigenvalue weighted by Gasteiger charge is 2.37. The van der Waals surface area contributed by atoms with Gasteiger partial charge in [-0.15, -0.1) is 0 Å². The summed E-state index contributed by atoms with van der Waals surface area (Å²) in [4.78, 5) is 25.9. The number of rotatable bonds is 5. The first-order chi connectivity index (χ1) is 12.1. The maximum Gasteiger partial charge on any atom is 0.303 e.